The SMILES string of the molecule is COC[C@@H]1CN(Cc2cccc(OC)c2)C[C@H]1C(=O)N(C)C. The van der Waals surface area contributed by atoms with Crippen LogP contribution in [-0.4, -0.2) is 63.7 Å². The molecule has 1 aliphatic heterocycles. The zero-order valence-electron chi connectivity index (χ0n) is 13.9. The molecule has 1 aliphatic rings. The Hall–Kier alpha value is -1.59. The van der Waals surface area contributed by atoms with Gasteiger partial charge in [0.2, 0.25) is 5.91 Å². The van der Waals surface area contributed by atoms with Crippen molar-refractivity contribution in [1.82, 2.24) is 9.80 Å². The number of nitrogens with zero attached hydrogens (tertiary/aromatic N) is 2. The maximum Gasteiger partial charge on any atom is 0.226 e. The summed E-state index contributed by atoms with van der Waals surface area (Å²) < 4.78 is 10.6. The molecule has 5 nitrogen and oxygen atoms in total. The van der Waals surface area contributed by atoms with E-state index in [0.29, 0.717) is 6.61 Å². The van der Waals surface area contributed by atoms with Crippen LogP contribution in [0.3, 0.4) is 0 Å². The molecule has 0 N–H and O–H groups in total. The fraction of sp³-hybridized carbons (Fsp3) is 0.588. The average molecular weight is 306 g/mol. The molecule has 1 heterocycles. The lowest BCUT2D eigenvalue weighted by atomic mass is 9.96. The van der Waals surface area contributed by atoms with E-state index < -0.39 is 0 Å². The van der Waals surface area contributed by atoms with E-state index in [-0.39, 0.29) is 17.7 Å². The van der Waals surface area contributed by atoms with Crippen molar-refractivity contribution >= 4 is 5.91 Å². The minimum atomic E-state index is 0.0144. The average Bonchev–Trinajstić information content (AvgIpc) is 2.89. The highest BCUT2D eigenvalue weighted by atomic mass is 16.5. The van der Waals surface area contributed by atoms with Gasteiger partial charge in [0.25, 0.3) is 0 Å². The lowest BCUT2D eigenvalue weighted by Gasteiger charge is -2.20. The van der Waals surface area contributed by atoms with Gasteiger partial charge in [-0.05, 0) is 17.7 Å². The van der Waals surface area contributed by atoms with Gasteiger partial charge in [-0.15, -0.1) is 0 Å². The van der Waals surface area contributed by atoms with Crippen LogP contribution < -0.4 is 4.74 Å². The van der Waals surface area contributed by atoms with Crippen molar-refractivity contribution in [2.24, 2.45) is 11.8 Å². The predicted molar refractivity (Wildman–Crippen MR) is 85.8 cm³/mol. The molecule has 2 atom stereocenters. The van der Waals surface area contributed by atoms with Crippen LogP contribution in [0.25, 0.3) is 0 Å². The largest absolute Gasteiger partial charge is 0.497 e. The molecule has 1 saturated heterocycles. The summed E-state index contributed by atoms with van der Waals surface area (Å²) in [6, 6.07) is 8.08. The summed E-state index contributed by atoms with van der Waals surface area (Å²) in [7, 11) is 7.01. The molecule has 0 spiro atoms. The summed E-state index contributed by atoms with van der Waals surface area (Å²) in [4.78, 5) is 16.4. The molecule has 22 heavy (non-hydrogen) atoms. The minimum Gasteiger partial charge on any atom is -0.497 e. The lowest BCUT2D eigenvalue weighted by Crippen LogP contribution is -2.35. The third kappa shape index (κ3) is 3.99. The van der Waals surface area contributed by atoms with E-state index in [1.165, 1.54) is 5.56 Å². The van der Waals surface area contributed by atoms with Crippen molar-refractivity contribution in [3.63, 3.8) is 0 Å². The van der Waals surface area contributed by atoms with Gasteiger partial charge in [0.15, 0.2) is 0 Å². The summed E-state index contributed by atoms with van der Waals surface area (Å²) in [6.07, 6.45) is 0. The van der Waals surface area contributed by atoms with Gasteiger partial charge in [-0.1, -0.05) is 12.1 Å². The molecule has 2 rings (SSSR count). The maximum atomic E-state index is 12.4. The van der Waals surface area contributed by atoms with Crippen LogP contribution in [0.1, 0.15) is 5.56 Å². The summed E-state index contributed by atoms with van der Waals surface area (Å²) in [5.41, 5.74) is 1.20. The van der Waals surface area contributed by atoms with Crippen LogP contribution in [0.15, 0.2) is 24.3 Å². The second-order valence-corrected chi connectivity index (χ2v) is 6.10. The topological polar surface area (TPSA) is 42.0 Å². The first kappa shape index (κ1) is 16.8. The number of likely N-dealkylation sites (tertiary alicyclic amines) is 1. The van der Waals surface area contributed by atoms with Gasteiger partial charge in [0, 0.05) is 46.8 Å². The Morgan fingerprint density at radius 2 is 2.09 bits per heavy atom. The second-order valence-electron chi connectivity index (χ2n) is 6.10. The Labute approximate surface area is 132 Å². The van der Waals surface area contributed by atoms with Crippen LogP contribution in [0, 0.1) is 11.8 Å². The molecule has 0 unspecified atom stereocenters. The zero-order valence-corrected chi connectivity index (χ0v) is 13.9. The zero-order chi connectivity index (χ0) is 16.1. The number of benzene rings is 1. The fourth-order valence-electron chi connectivity index (χ4n) is 3.11. The van der Waals surface area contributed by atoms with Gasteiger partial charge in [0.1, 0.15) is 5.75 Å². The maximum absolute atomic E-state index is 12.4. The summed E-state index contributed by atoms with van der Waals surface area (Å²) in [5, 5.41) is 0. The Bertz CT molecular complexity index is 504. The van der Waals surface area contributed by atoms with E-state index in [2.05, 4.69) is 11.0 Å². The number of ether oxygens (including phenoxy) is 2. The highest BCUT2D eigenvalue weighted by Crippen LogP contribution is 2.27. The monoisotopic (exact) mass is 306 g/mol. The number of amides is 1. The molecule has 0 saturated carbocycles. The van der Waals surface area contributed by atoms with E-state index in [4.69, 9.17) is 9.47 Å². The van der Waals surface area contributed by atoms with Crippen molar-refractivity contribution in [3.8, 4) is 5.75 Å². The van der Waals surface area contributed by atoms with Crippen LogP contribution >= 0.6 is 0 Å². The van der Waals surface area contributed by atoms with Gasteiger partial charge in [0.05, 0.1) is 19.6 Å². The number of carbonyl (C=O) groups excluding carboxylic acids is 1. The lowest BCUT2D eigenvalue weighted by molar-refractivity contribution is -0.134. The van der Waals surface area contributed by atoms with Crippen molar-refractivity contribution in [2.45, 2.75) is 6.54 Å². The third-order valence-electron chi connectivity index (χ3n) is 4.20. The van der Waals surface area contributed by atoms with Crippen LogP contribution in [0.4, 0.5) is 0 Å². The van der Waals surface area contributed by atoms with E-state index in [9.17, 15) is 4.79 Å². The Kier molecular flexibility index (Phi) is 5.80. The molecular formula is C17H26N2O3. The van der Waals surface area contributed by atoms with Crippen molar-refractivity contribution in [2.75, 3.05) is 48.0 Å². The first-order chi connectivity index (χ1) is 10.5. The molecule has 5 heteroatoms. The van der Waals surface area contributed by atoms with Crippen molar-refractivity contribution in [3.05, 3.63) is 29.8 Å². The molecule has 1 aromatic carbocycles. The molecule has 1 aromatic rings. The Morgan fingerprint density at radius 3 is 2.73 bits per heavy atom. The van der Waals surface area contributed by atoms with Gasteiger partial charge >= 0.3 is 0 Å². The van der Waals surface area contributed by atoms with E-state index in [1.807, 2.05) is 32.3 Å². The van der Waals surface area contributed by atoms with E-state index >= 15 is 0 Å². The molecular weight excluding hydrogens is 280 g/mol. The van der Waals surface area contributed by atoms with Crippen molar-refractivity contribution in [1.29, 1.82) is 0 Å². The van der Waals surface area contributed by atoms with Gasteiger partial charge in [-0.2, -0.15) is 0 Å². The Morgan fingerprint density at radius 1 is 1.32 bits per heavy atom. The number of methoxy groups -OCH3 is 2. The summed E-state index contributed by atoms with van der Waals surface area (Å²) in [5.74, 6) is 1.33. The quantitative estimate of drug-likeness (QED) is 0.798. The molecule has 0 bridgehead atoms. The highest BCUT2D eigenvalue weighted by molar-refractivity contribution is 5.79. The number of hydrogen-bond donors (Lipinski definition) is 0. The highest BCUT2D eigenvalue weighted by Gasteiger charge is 2.38. The minimum absolute atomic E-state index is 0.0144. The second kappa shape index (κ2) is 7.61. The number of hydrogen-bond acceptors (Lipinski definition) is 4. The fourth-order valence-corrected chi connectivity index (χ4v) is 3.11. The van der Waals surface area contributed by atoms with Gasteiger partial charge < -0.3 is 14.4 Å². The molecule has 0 aliphatic carbocycles. The normalized spacial score (nSPS) is 21.8. The van der Waals surface area contributed by atoms with Crippen LogP contribution in [0.2, 0.25) is 0 Å². The third-order valence-corrected chi connectivity index (χ3v) is 4.20. The first-order valence-electron chi connectivity index (χ1n) is 7.60. The molecule has 0 aromatic heterocycles. The number of rotatable bonds is 6. The van der Waals surface area contributed by atoms with Gasteiger partial charge in [-0.25, -0.2) is 0 Å². The van der Waals surface area contributed by atoms with Gasteiger partial charge in [-0.3, -0.25) is 9.69 Å². The molecule has 0 radical (unpaired) electrons. The molecule has 1 fully saturated rings. The summed E-state index contributed by atoms with van der Waals surface area (Å²) >= 11 is 0. The smallest absolute Gasteiger partial charge is 0.226 e. The molecule has 1 amide bonds. The number of carbonyl (C=O) groups is 1. The predicted octanol–water partition coefficient (Wildman–Crippen LogP) is 1.48. The van der Waals surface area contributed by atoms with E-state index in [0.717, 1.165) is 25.4 Å². The summed E-state index contributed by atoms with van der Waals surface area (Å²) in [6.45, 7) is 3.12. The molecule has 122 valence electrons. The van der Waals surface area contributed by atoms with Crippen molar-refractivity contribution < 1.29 is 14.3 Å². The van der Waals surface area contributed by atoms with E-state index in [1.54, 1.807) is 19.1 Å². The first-order valence-corrected chi connectivity index (χ1v) is 7.60. The standard InChI is InChI=1S/C17H26N2O3/c1-18(2)17(20)16-11-19(10-14(16)12-21-3)9-13-6-5-7-15(8-13)22-4/h5-8,14,16H,9-12H2,1-4H3/t14-,16+/m0/s1. The van der Waals surface area contributed by atoms with Crippen LogP contribution in [0.5, 0.6) is 5.75 Å². The van der Waals surface area contributed by atoms with Crippen LogP contribution in [-0.2, 0) is 16.1 Å². The Balaban J connectivity index is 2.05.